The number of carboxylic acids is 4. The molecular formula is C24H44O8Zr. The van der Waals surface area contributed by atoms with E-state index >= 15 is 0 Å². The zero-order chi connectivity index (χ0) is 26.3. The Hall–Kier alpha value is -1.24. The molecule has 0 fully saturated rings. The Morgan fingerprint density at radius 3 is 0.485 bits per heavy atom. The van der Waals surface area contributed by atoms with E-state index < -0.39 is 23.9 Å². The summed E-state index contributed by atoms with van der Waals surface area (Å²) in [7, 11) is 0. The molecule has 0 rings (SSSR count). The predicted octanol–water partition coefficient (Wildman–Crippen LogP) is 0.688. The molecule has 0 aromatic heterocycles. The van der Waals surface area contributed by atoms with Crippen LogP contribution in [0.25, 0.3) is 0 Å². The van der Waals surface area contributed by atoms with E-state index in [9.17, 15) is 39.6 Å². The van der Waals surface area contributed by atoms with Gasteiger partial charge in [0, 0.05) is 23.9 Å². The summed E-state index contributed by atoms with van der Waals surface area (Å²) in [6.45, 7) is 14.8. The third-order valence-corrected chi connectivity index (χ3v) is 5.28. The van der Waals surface area contributed by atoms with Crippen LogP contribution in [0.1, 0.15) is 107 Å². The van der Waals surface area contributed by atoms with Crippen molar-refractivity contribution in [3.63, 3.8) is 0 Å². The molecule has 0 unspecified atom stereocenters. The van der Waals surface area contributed by atoms with E-state index in [1.165, 1.54) is 0 Å². The molecule has 0 N–H and O–H groups in total. The minimum atomic E-state index is -0.921. The second kappa shape index (κ2) is 28.8. The van der Waals surface area contributed by atoms with Gasteiger partial charge in [0.2, 0.25) is 0 Å². The van der Waals surface area contributed by atoms with E-state index in [2.05, 4.69) is 0 Å². The van der Waals surface area contributed by atoms with Crippen LogP contribution in [0.5, 0.6) is 0 Å². The maximum absolute atomic E-state index is 10.1. The van der Waals surface area contributed by atoms with Gasteiger partial charge >= 0.3 is 26.2 Å². The van der Waals surface area contributed by atoms with Crippen molar-refractivity contribution >= 4 is 23.9 Å². The fourth-order valence-corrected chi connectivity index (χ4v) is 2.49. The van der Waals surface area contributed by atoms with E-state index in [1.54, 1.807) is 0 Å². The van der Waals surface area contributed by atoms with Crippen LogP contribution in [-0.2, 0) is 45.4 Å². The largest absolute Gasteiger partial charge is 4.00 e. The van der Waals surface area contributed by atoms with Crippen molar-refractivity contribution < 1.29 is 65.8 Å². The van der Waals surface area contributed by atoms with Gasteiger partial charge in [0.25, 0.3) is 0 Å². The van der Waals surface area contributed by atoms with E-state index in [4.69, 9.17) is 0 Å². The summed E-state index contributed by atoms with van der Waals surface area (Å²) in [5, 5.41) is 40.2. The van der Waals surface area contributed by atoms with Gasteiger partial charge in [0.05, 0.1) is 0 Å². The van der Waals surface area contributed by atoms with Gasteiger partial charge in [-0.2, -0.15) is 0 Å². The average molecular weight is 552 g/mol. The van der Waals surface area contributed by atoms with Crippen molar-refractivity contribution in [1.29, 1.82) is 0 Å². The fourth-order valence-electron chi connectivity index (χ4n) is 2.49. The smallest absolute Gasteiger partial charge is 0.550 e. The Morgan fingerprint density at radius 2 is 0.485 bits per heavy atom. The number of hydrogen-bond donors (Lipinski definition) is 0. The molecule has 0 aliphatic carbocycles. The van der Waals surface area contributed by atoms with Gasteiger partial charge in [-0.25, -0.2) is 0 Å². The second-order valence-electron chi connectivity index (χ2n) is 7.33. The van der Waals surface area contributed by atoms with Crippen LogP contribution in [0, 0.1) is 23.7 Å². The van der Waals surface area contributed by atoms with Crippen LogP contribution in [0.15, 0.2) is 0 Å². The van der Waals surface area contributed by atoms with E-state index in [-0.39, 0.29) is 49.9 Å². The van der Waals surface area contributed by atoms with Gasteiger partial charge in [0.1, 0.15) is 0 Å². The molecule has 192 valence electrons. The molecule has 0 heterocycles. The molecule has 0 saturated heterocycles. The minimum Gasteiger partial charge on any atom is -0.550 e. The Kier molecular flexibility index (Phi) is 36.6. The standard InChI is InChI=1S/4C6H12O2.Zr/c4*1-3-5(4-2)6(7)8;/h4*5H,3-4H2,1-2H3,(H,7,8);/q;;;;+4/p-4. The summed E-state index contributed by atoms with van der Waals surface area (Å²) in [5.41, 5.74) is 0. The van der Waals surface area contributed by atoms with E-state index in [0.29, 0.717) is 51.4 Å². The van der Waals surface area contributed by atoms with Crippen LogP contribution >= 0.6 is 0 Å². The van der Waals surface area contributed by atoms with Crippen molar-refractivity contribution in [3.05, 3.63) is 0 Å². The van der Waals surface area contributed by atoms with Gasteiger partial charge in [-0.05, 0) is 75.0 Å². The molecule has 0 aliphatic rings. The molecule has 0 amide bonds. The Morgan fingerprint density at radius 1 is 0.394 bits per heavy atom. The second-order valence-corrected chi connectivity index (χ2v) is 7.33. The molecule has 0 atom stereocenters. The molecule has 0 radical (unpaired) electrons. The van der Waals surface area contributed by atoms with Crippen molar-refractivity contribution in [2.75, 3.05) is 0 Å². The van der Waals surface area contributed by atoms with Gasteiger partial charge < -0.3 is 39.6 Å². The van der Waals surface area contributed by atoms with Crippen molar-refractivity contribution in [2.24, 2.45) is 23.7 Å². The maximum Gasteiger partial charge on any atom is 4.00 e. The first-order valence-electron chi connectivity index (χ1n) is 11.7. The first-order chi connectivity index (χ1) is 14.9. The maximum atomic E-state index is 10.1. The zero-order valence-corrected chi connectivity index (χ0v) is 24.2. The third kappa shape index (κ3) is 26.9. The van der Waals surface area contributed by atoms with E-state index in [1.807, 2.05) is 55.4 Å². The summed E-state index contributed by atoms with van der Waals surface area (Å²) < 4.78 is 0. The Labute approximate surface area is 219 Å². The normalized spacial score (nSPS) is 9.58. The van der Waals surface area contributed by atoms with E-state index in [0.717, 1.165) is 0 Å². The topological polar surface area (TPSA) is 161 Å². The molecule has 0 bridgehead atoms. The predicted molar refractivity (Wildman–Crippen MR) is 116 cm³/mol. The van der Waals surface area contributed by atoms with Crippen LogP contribution in [0.2, 0.25) is 0 Å². The molecule has 0 saturated carbocycles. The number of carbonyl (C=O) groups excluding carboxylic acids is 4. The third-order valence-electron chi connectivity index (χ3n) is 5.28. The first kappa shape index (κ1) is 42.0. The van der Waals surface area contributed by atoms with Gasteiger partial charge in [0.15, 0.2) is 0 Å². The summed E-state index contributed by atoms with van der Waals surface area (Å²) in [5.74, 6) is -4.65. The number of carbonyl (C=O) groups is 4. The Bertz CT molecular complexity index is 393. The van der Waals surface area contributed by atoms with Crippen LogP contribution in [0.3, 0.4) is 0 Å². The number of aliphatic carboxylic acids is 4. The number of carboxylic acid groups (broad SMARTS) is 4. The molecule has 0 aromatic rings. The van der Waals surface area contributed by atoms with Gasteiger partial charge in [-0.3, -0.25) is 0 Å². The van der Waals surface area contributed by atoms with Gasteiger partial charge in [-0.15, -0.1) is 0 Å². The number of rotatable bonds is 12. The number of hydrogen-bond acceptors (Lipinski definition) is 8. The molecule has 0 aliphatic heterocycles. The summed E-state index contributed by atoms with van der Waals surface area (Å²) in [4.78, 5) is 40.2. The zero-order valence-electron chi connectivity index (χ0n) is 21.7. The van der Waals surface area contributed by atoms with Crippen LogP contribution in [-0.4, -0.2) is 23.9 Å². The fraction of sp³-hybridized carbons (Fsp3) is 0.833. The van der Waals surface area contributed by atoms with Crippen LogP contribution < -0.4 is 20.4 Å². The molecule has 0 spiro atoms. The molecule has 8 nitrogen and oxygen atoms in total. The quantitative estimate of drug-likeness (QED) is 0.342. The first-order valence-corrected chi connectivity index (χ1v) is 11.7. The monoisotopic (exact) mass is 550 g/mol. The van der Waals surface area contributed by atoms with Crippen molar-refractivity contribution in [1.82, 2.24) is 0 Å². The van der Waals surface area contributed by atoms with Crippen molar-refractivity contribution in [3.8, 4) is 0 Å². The molecule has 33 heavy (non-hydrogen) atoms. The summed E-state index contributed by atoms with van der Waals surface area (Å²) >= 11 is 0. The summed E-state index contributed by atoms with van der Waals surface area (Å²) in [6, 6.07) is 0. The van der Waals surface area contributed by atoms with Gasteiger partial charge in [-0.1, -0.05) is 55.4 Å². The molecule has 0 aromatic carbocycles. The SMILES string of the molecule is CCC(CC)C(=O)[O-].CCC(CC)C(=O)[O-].CCC(CC)C(=O)[O-].CCC(CC)C(=O)[O-].[Zr+4]. The average Bonchev–Trinajstić information content (AvgIpc) is 2.72. The Balaban J connectivity index is -0.000000105. The molecular weight excluding hydrogens is 507 g/mol. The summed E-state index contributed by atoms with van der Waals surface area (Å²) in [6.07, 6.45) is 5.44. The minimum absolute atomic E-state index is 0. The molecule has 9 heteroatoms. The van der Waals surface area contributed by atoms with Crippen LogP contribution in [0.4, 0.5) is 0 Å². The van der Waals surface area contributed by atoms with Crippen molar-refractivity contribution in [2.45, 2.75) is 107 Å².